The topological polar surface area (TPSA) is 83.4 Å². The lowest BCUT2D eigenvalue weighted by molar-refractivity contribution is -0.117. The van der Waals surface area contributed by atoms with Gasteiger partial charge in [-0.3, -0.25) is 4.79 Å². The maximum atomic E-state index is 12.4. The summed E-state index contributed by atoms with van der Waals surface area (Å²) in [4.78, 5) is 12.4. The molecule has 1 heterocycles. The molecule has 6 heteroatoms. The van der Waals surface area contributed by atoms with Gasteiger partial charge in [0.15, 0.2) is 11.5 Å². The van der Waals surface area contributed by atoms with E-state index in [2.05, 4.69) is 17.6 Å². The molecule has 1 aliphatic heterocycles. The molecule has 0 spiro atoms. The van der Waals surface area contributed by atoms with Crippen molar-refractivity contribution in [3.63, 3.8) is 0 Å². The number of nitrogens with one attached hydrogen (secondary N) is 2. The standard InChI is InChI=1S/C22H23N3O3/c1-3-16-4-7-18(8-5-16)15(2)25-22(26)19(11-23)13-24-12-17-6-9-20-21(10-17)28-14-27-20/h4-10,13,15,24H,3,12,14H2,1-2H3,(H,25,26)/b19-13-. The van der Waals surface area contributed by atoms with Crippen molar-refractivity contribution in [1.29, 1.82) is 5.26 Å². The number of benzene rings is 2. The van der Waals surface area contributed by atoms with Crippen LogP contribution in [0.15, 0.2) is 54.2 Å². The summed E-state index contributed by atoms with van der Waals surface area (Å²) in [6.07, 6.45) is 2.41. The maximum absolute atomic E-state index is 12.4. The van der Waals surface area contributed by atoms with Gasteiger partial charge in [-0.1, -0.05) is 37.3 Å². The van der Waals surface area contributed by atoms with Crippen LogP contribution in [0.2, 0.25) is 0 Å². The summed E-state index contributed by atoms with van der Waals surface area (Å²) in [6.45, 7) is 4.68. The third kappa shape index (κ3) is 4.63. The number of amides is 1. The number of ether oxygens (including phenoxy) is 2. The van der Waals surface area contributed by atoms with Gasteiger partial charge >= 0.3 is 0 Å². The summed E-state index contributed by atoms with van der Waals surface area (Å²) in [6, 6.07) is 15.5. The molecule has 1 unspecified atom stereocenters. The van der Waals surface area contributed by atoms with Gasteiger partial charge in [0.2, 0.25) is 6.79 Å². The Labute approximate surface area is 164 Å². The summed E-state index contributed by atoms with van der Waals surface area (Å²) in [5, 5.41) is 15.2. The van der Waals surface area contributed by atoms with Crippen molar-refractivity contribution in [2.75, 3.05) is 6.79 Å². The second-order valence-electron chi connectivity index (χ2n) is 6.53. The molecule has 1 aliphatic rings. The quantitative estimate of drug-likeness (QED) is 0.571. The Balaban J connectivity index is 1.57. The third-order valence-corrected chi connectivity index (χ3v) is 4.59. The fraction of sp³-hybridized carbons (Fsp3) is 0.273. The molecule has 0 fully saturated rings. The van der Waals surface area contributed by atoms with E-state index in [1.165, 1.54) is 11.8 Å². The molecule has 144 valence electrons. The average Bonchev–Trinajstić information content (AvgIpc) is 3.19. The molecule has 1 atom stereocenters. The average molecular weight is 377 g/mol. The summed E-state index contributed by atoms with van der Waals surface area (Å²) < 4.78 is 10.6. The molecule has 3 rings (SSSR count). The predicted octanol–water partition coefficient (Wildman–Crippen LogP) is 3.35. The molecule has 0 aliphatic carbocycles. The first-order valence-electron chi connectivity index (χ1n) is 9.22. The number of rotatable bonds is 7. The van der Waals surface area contributed by atoms with Gasteiger partial charge < -0.3 is 20.1 Å². The van der Waals surface area contributed by atoms with Crippen molar-refractivity contribution in [2.45, 2.75) is 32.9 Å². The van der Waals surface area contributed by atoms with E-state index in [4.69, 9.17) is 9.47 Å². The van der Waals surface area contributed by atoms with E-state index in [0.29, 0.717) is 12.3 Å². The number of carbonyl (C=O) groups excluding carboxylic acids is 1. The highest BCUT2D eigenvalue weighted by atomic mass is 16.7. The van der Waals surface area contributed by atoms with Gasteiger partial charge in [0.05, 0.1) is 6.04 Å². The van der Waals surface area contributed by atoms with Crippen molar-refractivity contribution in [3.05, 3.63) is 70.9 Å². The normalized spacial score (nSPS) is 13.5. The molecule has 0 aromatic heterocycles. The van der Waals surface area contributed by atoms with Gasteiger partial charge in [-0.2, -0.15) is 5.26 Å². The SMILES string of the molecule is CCc1ccc(C(C)NC(=O)/C(C#N)=C\NCc2ccc3c(c2)OCO3)cc1. The molecule has 6 nitrogen and oxygen atoms in total. The summed E-state index contributed by atoms with van der Waals surface area (Å²) in [5.41, 5.74) is 3.23. The van der Waals surface area contributed by atoms with Gasteiger partial charge in [-0.25, -0.2) is 0 Å². The van der Waals surface area contributed by atoms with Gasteiger partial charge in [0, 0.05) is 12.7 Å². The van der Waals surface area contributed by atoms with Crippen LogP contribution in [-0.4, -0.2) is 12.7 Å². The summed E-state index contributed by atoms with van der Waals surface area (Å²) >= 11 is 0. The Morgan fingerprint density at radius 1 is 1.18 bits per heavy atom. The fourth-order valence-corrected chi connectivity index (χ4v) is 2.87. The zero-order valence-electron chi connectivity index (χ0n) is 16.0. The molecule has 28 heavy (non-hydrogen) atoms. The third-order valence-electron chi connectivity index (χ3n) is 4.59. The monoisotopic (exact) mass is 377 g/mol. The smallest absolute Gasteiger partial charge is 0.263 e. The Hall–Kier alpha value is -3.46. The van der Waals surface area contributed by atoms with Crippen molar-refractivity contribution >= 4 is 5.91 Å². The van der Waals surface area contributed by atoms with E-state index >= 15 is 0 Å². The van der Waals surface area contributed by atoms with Crippen molar-refractivity contribution in [2.24, 2.45) is 0 Å². The van der Waals surface area contributed by atoms with Gasteiger partial charge in [-0.05, 0) is 42.2 Å². The number of fused-ring (bicyclic) bond motifs is 1. The van der Waals surface area contributed by atoms with E-state index in [1.807, 2.05) is 55.5 Å². The van der Waals surface area contributed by atoms with Gasteiger partial charge in [-0.15, -0.1) is 0 Å². The minimum absolute atomic E-state index is 0.0257. The molecule has 2 aromatic carbocycles. The number of carbonyl (C=O) groups is 1. The van der Waals surface area contributed by atoms with Crippen LogP contribution < -0.4 is 20.1 Å². The van der Waals surface area contributed by atoms with E-state index < -0.39 is 5.91 Å². The first-order valence-corrected chi connectivity index (χ1v) is 9.22. The van der Waals surface area contributed by atoms with Gasteiger partial charge in [0.25, 0.3) is 5.91 Å². The van der Waals surface area contributed by atoms with Crippen LogP contribution in [0.5, 0.6) is 11.5 Å². The van der Waals surface area contributed by atoms with Crippen LogP contribution in [-0.2, 0) is 17.8 Å². The summed E-state index contributed by atoms with van der Waals surface area (Å²) in [5.74, 6) is 1.01. The first-order chi connectivity index (χ1) is 13.6. The number of nitrogens with zero attached hydrogens (tertiary/aromatic N) is 1. The maximum Gasteiger partial charge on any atom is 0.263 e. The molecule has 2 N–H and O–H groups in total. The highest BCUT2D eigenvalue weighted by Crippen LogP contribution is 2.32. The second kappa shape index (κ2) is 8.96. The van der Waals surface area contributed by atoms with Gasteiger partial charge in [0.1, 0.15) is 11.6 Å². The van der Waals surface area contributed by atoms with E-state index in [9.17, 15) is 10.1 Å². The van der Waals surface area contributed by atoms with Crippen molar-refractivity contribution < 1.29 is 14.3 Å². The molecule has 2 aromatic rings. The highest BCUT2D eigenvalue weighted by molar-refractivity contribution is 5.97. The number of aryl methyl sites for hydroxylation is 1. The Bertz CT molecular complexity index is 914. The minimum Gasteiger partial charge on any atom is -0.454 e. The van der Waals surface area contributed by atoms with Crippen LogP contribution in [0.3, 0.4) is 0 Å². The largest absolute Gasteiger partial charge is 0.454 e. The number of nitriles is 1. The van der Waals surface area contributed by atoms with E-state index in [1.54, 1.807) is 0 Å². The van der Waals surface area contributed by atoms with Crippen LogP contribution in [0.1, 0.15) is 36.6 Å². The molecule has 0 bridgehead atoms. The minimum atomic E-state index is -0.409. The lowest BCUT2D eigenvalue weighted by Gasteiger charge is -2.14. The fourth-order valence-electron chi connectivity index (χ4n) is 2.87. The van der Waals surface area contributed by atoms with E-state index in [0.717, 1.165) is 23.3 Å². The number of hydrogen-bond donors (Lipinski definition) is 2. The van der Waals surface area contributed by atoms with E-state index in [-0.39, 0.29) is 18.4 Å². The molecular weight excluding hydrogens is 354 g/mol. The summed E-state index contributed by atoms with van der Waals surface area (Å²) in [7, 11) is 0. The Morgan fingerprint density at radius 2 is 1.89 bits per heavy atom. The molecule has 0 radical (unpaired) electrons. The number of hydrogen-bond acceptors (Lipinski definition) is 5. The zero-order valence-corrected chi connectivity index (χ0v) is 16.0. The lowest BCUT2D eigenvalue weighted by Crippen LogP contribution is -2.28. The zero-order chi connectivity index (χ0) is 19.9. The second-order valence-corrected chi connectivity index (χ2v) is 6.53. The molecule has 0 saturated heterocycles. The van der Waals surface area contributed by atoms with Crippen LogP contribution in [0.25, 0.3) is 0 Å². The first kappa shape index (κ1) is 19.3. The highest BCUT2D eigenvalue weighted by Gasteiger charge is 2.15. The Morgan fingerprint density at radius 3 is 2.61 bits per heavy atom. The van der Waals surface area contributed by atoms with Crippen molar-refractivity contribution in [3.8, 4) is 17.6 Å². The molecular formula is C22H23N3O3. The van der Waals surface area contributed by atoms with Crippen LogP contribution in [0, 0.1) is 11.3 Å². The van der Waals surface area contributed by atoms with Crippen LogP contribution >= 0.6 is 0 Å². The Kier molecular flexibility index (Phi) is 6.18. The lowest BCUT2D eigenvalue weighted by atomic mass is 10.0. The molecule has 1 amide bonds. The van der Waals surface area contributed by atoms with Crippen molar-refractivity contribution in [1.82, 2.24) is 10.6 Å². The predicted molar refractivity (Wildman–Crippen MR) is 105 cm³/mol. The molecule has 0 saturated carbocycles. The van der Waals surface area contributed by atoms with Crippen LogP contribution in [0.4, 0.5) is 0 Å².